The van der Waals surface area contributed by atoms with Gasteiger partial charge >= 0.3 is 0 Å². The number of likely N-dealkylation sites (tertiary alicyclic amines) is 1. The Morgan fingerprint density at radius 3 is 2.74 bits per heavy atom. The van der Waals surface area contributed by atoms with Crippen molar-refractivity contribution >= 4 is 5.91 Å². The second-order valence-corrected chi connectivity index (χ2v) is 5.19. The molecule has 3 atom stereocenters. The Bertz CT molecular complexity index is 421. The lowest BCUT2D eigenvalue weighted by Gasteiger charge is -2.35. The third-order valence-corrected chi connectivity index (χ3v) is 3.63. The molecule has 1 saturated heterocycles. The maximum atomic E-state index is 12.2. The highest BCUT2D eigenvalue weighted by Gasteiger charge is 2.30. The van der Waals surface area contributed by atoms with Gasteiger partial charge in [-0.3, -0.25) is 4.79 Å². The van der Waals surface area contributed by atoms with Gasteiger partial charge in [-0.15, -0.1) is 0 Å². The van der Waals surface area contributed by atoms with Crippen LogP contribution in [0, 0.1) is 5.92 Å². The van der Waals surface area contributed by atoms with Crippen molar-refractivity contribution in [2.24, 2.45) is 5.92 Å². The number of benzene rings is 1. The summed E-state index contributed by atoms with van der Waals surface area (Å²) < 4.78 is 5.62. The van der Waals surface area contributed by atoms with Crippen LogP contribution in [0.3, 0.4) is 0 Å². The molecule has 1 aromatic rings. The number of nitrogens with zero attached hydrogens (tertiary/aromatic N) is 1. The van der Waals surface area contributed by atoms with E-state index in [1.54, 1.807) is 11.8 Å². The number of aliphatic hydroxyl groups is 1. The van der Waals surface area contributed by atoms with Crippen LogP contribution in [0.25, 0.3) is 0 Å². The van der Waals surface area contributed by atoms with Gasteiger partial charge in [-0.2, -0.15) is 0 Å². The quantitative estimate of drug-likeness (QED) is 0.902. The Labute approximate surface area is 114 Å². The van der Waals surface area contributed by atoms with Gasteiger partial charge in [0.15, 0.2) is 6.10 Å². The van der Waals surface area contributed by atoms with Crippen molar-refractivity contribution in [1.29, 1.82) is 0 Å². The first-order valence-corrected chi connectivity index (χ1v) is 6.76. The molecule has 3 unspecified atom stereocenters. The third kappa shape index (κ3) is 3.47. The van der Waals surface area contributed by atoms with Crippen molar-refractivity contribution in [3.63, 3.8) is 0 Å². The second-order valence-electron chi connectivity index (χ2n) is 5.19. The molecule has 1 aromatic carbocycles. The summed E-state index contributed by atoms with van der Waals surface area (Å²) in [5, 5.41) is 9.83. The molecule has 1 aliphatic heterocycles. The molecule has 0 bridgehead atoms. The Morgan fingerprint density at radius 1 is 1.42 bits per heavy atom. The van der Waals surface area contributed by atoms with Crippen molar-refractivity contribution in [1.82, 2.24) is 4.90 Å². The molecule has 4 heteroatoms. The second kappa shape index (κ2) is 6.06. The standard InChI is InChI=1S/C15H21NO3/c1-11-8-9-16(10-14(11)17)15(18)12(2)19-13-6-4-3-5-7-13/h3-7,11-12,14,17H,8-10H2,1-2H3. The van der Waals surface area contributed by atoms with E-state index in [9.17, 15) is 9.90 Å². The summed E-state index contributed by atoms with van der Waals surface area (Å²) in [6.07, 6.45) is -0.116. The zero-order valence-electron chi connectivity index (χ0n) is 11.5. The number of β-amino-alcohol motifs (C(OH)–C–C–N with tert-alkyl or cyclic N) is 1. The maximum absolute atomic E-state index is 12.2. The van der Waals surface area contributed by atoms with E-state index < -0.39 is 12.2 Å². The van der Waals surface area contributed by atoms with Gasteiger partial charge in [-0.05, 0) is 31.4 Å². The minimum Gasteiger partial charge on any atom is -0.481 e. The van der Waals surface area contributed by atoms with E-state index in [4.69, 9.17) is 4.74 Å². The van der Waals surface area contributed by atoms with E-state index in [-0.39, 0.29) is 11.8 Å². The van der Waals surface area contributed by atoms with Gasteiger partial charge < -0.3 is 14.7 Å². The number of hydrogen-bond donors (Lipinski definition) is 1. The van der Waals surface area contributed by atoms with Gasteiger partial charge in [0.05, 0.1) is 6.10 Å². The summed E-state index contributed by atoms with van der Waals surface area (Å²) in [5.74, 6) is 0.887. The number of carbonyl (C=O) groups excluding carboxylic acids is 1. The van der Waals surface area contributed by atoms with Gasteiger partial charge in [0, 0.05) is 13.1 Å². The van der Waals surface area contributed by atoms with Crippen LogP contribution in [0.15, 0.2) is 30.3 Å². The molecular weight excluding hydrogens is 242 g/mol. The van der Waals surface area contributed by atoms with Gasteiger partial charge in [-0.25, -0.2) is 0 Å². The average Bonchev–Trinajstić information content (AvgIpc) is 2.42. The molecule has 0 saturated carbocycles. The van der Waals surface area contributed by atoms with E-state index in [1.807, 2.05) is 37.3 Å². The zero-order chi connectivity index (χ0) is 13.8. The van der Waals surface area contributed by atoms with Crippen LogP contribution in [0.5, 0.6) is 5.75 Å². The van der Waals surface area contributed by atoms with Crippen LogP contribution in [0.2, 0.25) is 0 Å². The first-order chi connectivity index (χ1) is 9.08. The first-order valence-electron chi connectivity index (χ1n) is 6.76. The Morgan fingerprint density at radius 2 is 2.11 bits per heavy atom. The molecule has 19 heavy (non-hydrogen) atoms. The van der Waals surface area contributed by atoms with E-state index >= 15 is 0 Å². The van der Waals surface area contributed by atoms with Crippen molar-refractivity contribution in [3.8, 4) is 5.75 Å². The van der Waals surface area contributed by atoms with E-state index in [2.05, 4.69) is 0 Å². The number of para-hydroxylation sites is 1. The molecule has 4 nitrogen and oxygen atoms in total. The number of carbonyl (C=O) groups is 1. The number of piperidine rings is 1. The van der Waals surface area contributed by atoms with Crippen LogP contribution >= 0.6 is 0 Å². The van der Waals surface area contributed by atoms with Crippen LogP contribution in [-0.4, -0.2) is 41.2 Å². The van der Waals surface area contributed by atoms with Crippen LogP contribution in [-0.2, 0) is 4.79 Å². The Balaban J connectivity index is 1.92. The topological polar surface area (TPSA) is 49.8 Å². The number of hydrogen-bond acceptors (Lipinski definition) is 3. The molecule has 1 fully saturated rings. The summed E-state index contributed by atoms with van der Waals surface area (Å²) in [6, 6.07) is 9.31. The molecule has 1 heterocycles. The summed E-state index contributed by atoms with van der Waals surface area (Å²) in [6.45, 7) is 4.86. The Hall–Kier alpha value is -1.55. The monoisotopic (exact) mass is 263 g/mol. The lowest BCUT2D eigenvalue weighted by Crippen LogP contribution is -2.49. The smallest absolute Gasteiger partial charge is 0.263 e. The van der Waals surface area contributed by atoms with E-state index in [1.165, 1.54) is 0 Å². The van der Waals surface area contributed by atoms with Gasteiger partial charge in [0.2, 0.25) is 0 Å². The lowest BCUT2D eigenvalue weighted by atomic mass is 9.96. The normalized spacial score (nSPS) is 24.9. The van der Waals surface area contributed by atoms with Crippen LogP contribution < -0.4 is 4.74 Å². The minimum atomic E-state index is -0.525. The fourth-order valence-corrected chi connectivity index (χ4v) is 2.26. The first kappa shape index (κ1) is 13.9. The van der Waals surface area contributed by atoms with E-state index in [0.717, 1.165) is 6.42 Å². The van der Waals surface area contributed by atoms with Crippen LogP contribution in [0.1, 0.15) is 20.3 Å². The molecular formula is C15H21NO3. The van der Waals surface area contributed by atoms with Crippen molar-refractivity contribution < 1.29 is 14.6 Å². The molecule has 2 rings (SSSR count). The molecule has 0 aliphatic carbocycles. The maximum Gasteiger partial charge on any atom is 0.263 e. The van der Waals surface area contributed by atoms with Gasteiger partial charge in [0.25, 0.3) is 5.91 Å². The predicted molar refractivity (Wildman–Crippen MR) is 72.9 cm³/mol. The number of amides is 1. The summed E-state index contributed by atoms with van der Waals surface area (Å²) >= 11 is 0. The Kier molecular flexibility index (Phi) is 4.43. The SMILES string of the molecule is CC(Oc1ccccc1)C(=O)N1CCC(C)C(O)C1. The van der Waals surface area contributed by atoms with Crippen LogP contribution in [0.4, 0.5) is 0 Å². The van der Waals surface area contributed by atoms with Gasteiger partial charge in [0.1, 0.15) is 5.75 Å². The predicted octanol–water partition coefficient (Wildman–Crippen LogP) is 1.68. The molecule has 0 spiro atoms. The van der Waals surface area contributed by atoms with Gasteiger partial charge in [-0.1, -0.05) is 25.1 Å². The number of aliphatic hydroxyl groups excluding tert-OH is 1. The zero-order valence-corrected chi connectivity index (χ0v) is 11.5. The number of rotatable bonds is 3. The fraction of sp³-hybridized carbons (Fsp3) is 0.533. The van der Waals surface area contributed by atoms with Crippen molar-refractivity contribution in [2.45, 2.75) is 32.5 Å². The highest BCUT2D eigenvalue weighted by atomic mass is 16.5. The molecule has 1 N–H and O–H groups in total. The number of ether oxygens (including phenoxy) is 1. The largest absolute Gasteiger partial charge is 0.481 e. The van der Waals surface area contributed by atoms with E-state index in [0.29, 0.717) is 18.8 Å². The molecule has 104 valence electrons. The van der Waals surface area contributed by atoms with Crippen molar-refractivity contribution in [3.05, 3.63) is 30.3 Å². The highest BCUT2D eigenvalue weighted by Crippen LogP contribution is 2.19. The third-order valence-electron chi connectivity index (χ3n) is 3.63. The van der Waals surface area contributed by atoms with Crippen molar-refractivity contribution in [2.75, 3.05) is 13.1 Å². The molecule has 0 aromatic heterocycles. The molecule has 1 amide bonds. The summed E-state index contributed by atoms with van der Waals surface area (Å²) in [7, 11) is 0. The highest BCUT2D eigenvalue weighted by molar-refractivity contribution is 5.81. The minimum absolute atomic E-state index is 0.0604. The summed E-state index contributed by atoms with van der Waals surface area (Å²) in [5.41, 5.74) is 0. The molecule has 1 aliphatic rings. The summed E-state index contributed by atoms with van der Waals surface area (Å²) in [4.78, 5) is 13.9. The lowest BCUT2D eigenvalue weighted by molar-refractivity contribution is -0.142. The molecule has 0 radical (unpaired) electrons. The fourth-order valence-electron chi connectivity index (χ4n) is 2.26. The average molecular weight is 263 g/mol.